The topological polar surface area (TPSA) is 72.2 Å². The summed E-state index contributed by atoms with van der Waals surface area (Å²) in [7, 11) is -3.77. The monoisotopic (exact) mass is 352 g/mol. The molecule has 0 bridgehead atoms. The number of thiophene rings is 1. The molecule has 2 aromatic heterocycles. The first-order valence-corrected chi connectivity index (χ1v) is 8.97. The molecular weight excluding hydrogens is 339 g/mol. The van der Waals surface area contributed by atoms with Crippen molar-refractivity contribution in [1.82, 2.24) is 5.16 Å². The summed E-state index contributed by atoms with van der Waals surface area (Å²) in [5, 5.41) is 3.62. The molecule has 0 aliphatic carbocycles. The fourth-order valence-corrected chi connectivity index (χ4v) is 4.82. The number of benzene rings is 1. The minimum Gasteiger partial charge on any atom is -0.355 e. The van der Waals surface area contributed by atoms with Crippen LogP contribution in [0.2, 0.25) is 0 Å². The van der Waals surface area contributed by atoms with Crippen molar-refractivity contribution in [2.45, 2.75) is 18.7 Å². The average molecular weight is 352 g/mol. The molecule has 0 saturated carbocycles. The van der Waals surface area contributed by atoms with Gasteiger partial charge in [-0.05, 0) is 43.7 Å². The van der Waals surface area contributed by atoms with Crippen LogP contribution in [0.3, 0.4) is 0 Å². The largest absolute Gasteiger partial charge is 0.355 e. The second-order valence-corrected chi connectivity index (χ2v) is 7.88. The van der Waals surface area contributed by atoms with Crippen LogP contribution >= 0.6 is 11.3 Å². The molecular formula is C15H13FN2O3S2. The van der Waals surface area contributed by atoms with E-state index in [0.717, 1.165) is 0 Å². The van der Waals surface area contributed by atoms with Crippen molar-refractivity contribution in [2.75, 3.05) is 4.72 Å². The molecule has 0 radical (unpaired) electrons. The number of hydrogen-bond donors (Lipinski definition) is 1. The van der Waals surface area contributed by atoms with Gasteiger partial charge >= 0.3 is 0 Å². The smallest absolute Gasteiger partial charge is 0.263 e. The van der Waals surface area contributed by atoms with Gasteiger partial charge in [0.15, 0.2) is 5.76 Å². The molecule has 0 aliphatic heterocycles. The van der Waals surface area contributed by atoms with E-state index in [-0.39, 0.29) is 4.90 Å². The standard InChI is InChI=1S/C15H13FN2O3S2/c1-9-7-11(16)3-4-12(9)18-23(19,20)15-8-14(22-10(15)2)13-5-6-17-21-13/h3-8,18H,1-2H3. The van der Waals surface area contributed by atoms with Crippen LogP contribution in [0.25, 0.3) is 10.6 Å². The quantitative estimate of drug-likeness (QED) is 0.771. The Morgan fingerprint density at radius 3 is 2.65 bits per heavy atom. The van der Waals surface area contributed by atoms with E-state index in [1.165, 1.54) is 35.7 Å². The number of anilines is 1. The number of halogens is 1. The molecule has 0 spiro atoms. The SMILES string of the molecule is Cc1cc(F)ccc1NS(=O)(=O)c1cc(-c2ccno2)sc1C. The molecule has 0 atom stereocenters. The molecule has 3 aromatic rings. The Morgan fingerprint density at radius 1 is 1.22 bits per heavy atom. The lowest BCUT2D eigenvalue weighted by Gasteiger charge is -2.10. The lowest BCUT2D eigenvalue weighted by Crippen LogP contribution is -2.14. The third-order valence-corrected chi connectivity index (χ3v) is 5.96. The summed E-state index contributed by atoms with van der Waals surface area (Å²) in [5.41, 5.74) is 0.857. The van der Waals surface area contributed by atoms with E-state index in [2.05, 4.69) is 9.88 Å². The van der Waals surface area contributed by atoms with Crippen LogP contribution in [0.15, 0.2) is 45.9 Å². The van der Waals surface area contributed by atoms with Crippen LogP contribution in [-0.2, 0) is 10.0 Å². The fraction of sp³-hybridized carbons (Fsp3) is 0.133. The highest BCUT2D eigenvalue weighted by atomic mass is 32.2. The number of nitrogens with zero attached hydrogens (tertiary/aromatic N) is 1. The molecule has 120 valence electrons. The molecule has 0 unspecified atom stereocenters. The first-order valence-electron chi connectivity index (χ1n) is 6.67. The highest BCUT2D eigenvalue weighted by Gasteiger charge is 2.22. The third-order valence-electron chi connectivity index (χ3n) is 3.28. The summed E-state index contributed by atoms with van der Waals surface area (Å²) in [4.78, 5) is 1.47. The molecule has 0 amide bonds. The van der Waals surface area contributed by atoms with Gasteiger partial charge in [-0.25, -0.2) is 12.8 Å². The van der Waals surface area contributed by atoms with Gasteiger partial charge in [0.1, 0.15) is 10.7 Å². The molecule has 2 heterocycles. The number of rotatable bonds is 4. The molecule has 0 saturated heterocycles. The molecule has 3 rings (SSSR count). The molecule has 5 nitrogen and oxygen atoms in total. The highest BCUT2D eigenvalue weighted by Crippen LogP contribution is 2.34. The van der Waals surface area contributed by atoms with Crippen molar-refractivity contribution in [3.63, 3.8) is 0 Å². The average Bonchev–Trinajstić information content (AvgIpc) is 3.11. The van der Waals surface area contributed by atoms with Gasteiger partial charge < -0.3 is 4.52 Å². The van der Waals surface area contributed by atoms with E-state index in [0.29, 0.717) is 26.8 Å². The van der Waals surface area contributed by atoms with E-state index in [4.69, 9.17) is 4.52 Å². The van der Waals surface area contributed by atoms with Crippen LogP contribution in [0.1, 0.15) is 10.4 Å². The maximum atomic E-state index is 13.1. The number of aromatic nitrogens is 1. The van der Waals surface area contributed by atoms with E-state index in [1.807, 2.05) is 0 Å². The Morgan fingerprint density at radius 2 is 2.00 bits per heavy atom. The van der Waals surface area contributed by atoms with Gasteiger partial charge in [0.25, 0.3) is 10.0 Å². The summed E-state index contributed by atoms with van der Waals surface area (Å²) in [5.74, 6) is 0.0993. The van der Waals surface area contributed by atoms with Crippen molar-refractivity contribution in [1.29, 1.82) is 0 Å². The zero-order valence-corrected chi connectivity index (χ0v) is 14.0. The van der Waals surface area contributed by atoms with E-state index in [1.54, 1.807) is 26.0 Å². The Bertz CT molecular complexity index is 947. The van der Waals surface area contributed by atoms with Gasteiger partial charge in [-0.1, -0.05) is 5.16 Å². The number of hydrogen-bond acceptors (Lipinski definition) is 5. The molecule has 1 aromatic carbocycles. The van der Waals surface area contributed by atoms with Crippen molar-refractivity contribution < 1.29 is 17.3 Å². The van der Waals surface area contributed by atoms with Gasteiger partial charge in [0, 0.05) is 10.9 Å². The van der Waals surface area contributed by atoms with Crippen molar-refractivity contribution >= 4 is 27.0 Å². The maximum absolute atomic E-state index is 13.1. The summed E-state index contributed by atoms with van der Waals surface area (Å²) in [6, 6.07) is 7.10. The predicted molar refractivity (Wildman–Crippen MR) is 86.5 cm³/mol. The van der Waals surface area contributed by atoms with Crippen molar-refractivity contribution in [3.8, 4) is 10.6 Å². The van der Waals surface area contributed by atoms with Gasteiger partial charge in [-0.15, -0.1) is 11.3 Å². The Kier molecular flexibility index (Phi) is 3.95. The molecule has 1 N–H and O–H groups in total. The zero-order chi connectivity index (χ0) is 16.6. The van der Waals surface area contributed by atoms with Crippen LogP contribution in [0.4, 0.5) is 10.1 Å². The first kappa shape index (κ1) is 15.7. The minimum absolute atomic E-state index is 0.164. The Labute approximate surface area is 136 Å². The van der Waals surface area contributed by atoms with Gasteiger partial charge in [-0.3, -0.25) is 4.72 Å². The van der Waals surface area contributed by atoms with Gasteiger partial charge in [0.05, 0.1) is 16.8 Å². The zero-order valence-electron chi connectivity index (χ0n) is 12.3. The van der Waals surface area contributed by atoms with E-state index in [9.17, 15) is 12.8 Å². The van der Waals surface area contributed by atoms with Crippen LogP contribution < -0.4 is 4.72 Å². The molecule has 0 fully saturated rings. The molecule has 0 aliphatic rings. The summed E-state index contributed by atoms with van der Waals surface area (Å²) in [6.45, 7) is 3.36. The van der Waals surface area contributed by atoms with E-state index < -0.39 is 15.8 Å². The van der Waals surface area contributed by atoms with E-state index >= 15 is 0 Å². The molecule has 23 heavy (non-hydrogen) atoms. The fourth-order valence-electron chi connectivity index (χ4n) is 2.14. The number of nitrogens with one attached hydrogen (secondary N) is 1. The number of aryl methyl sites for hydroxylation is 2. The van der Waals surface area contributed by atoms with Crippen molar-refractivity contribution in [2.24, 2.45) is 0 Å². The highest BCUT2D eigenvalue weighted by molar-refractivity contribution is 7.93. The normalized spacial score (nSPS) is 11.6. The second-order valence-electron chi connectivity index (χ2n) is 4.97. The molecule has 8 heteroatoms. The Balaban J connectivity index is 1.97. The van der Waals surface area contributed by atoms with Crippen LogP contribution in [-0.4, -0.2) is 13.6 Å². The third kappa shape index (κ3) is 3.13. The second kappa shape index (κ2) is 5.78. The Hall–Kier alpha value is -2.19. The van der Waals surface area contributed by atoms with Crippen LogP contribution in [0.5, 0.6) is 0 Å². The minimum atomic E-state index is -3.77. The summed E-state index contributed by atoms with van der Waals surface area (Å²) < 4.78 is 45.9. The lowest BCUT2D eigenvalue weighted by molar-refractivity contribution is 0.433. The lowest BCUT2D eigenvalue weighted by atomic mass is 10.2. The number of sulfonamides is 1. The van der Waals surface area contributed by atoms with Crippen LogP contribution in [0, 0.1) is 19.7 Å². The van der Waals surface area contributed by atoms with Gasteiger partial charge in [0.2, 0.25) is 0 Å². The maximum Gasteiger partial charge on any atom is 0.263 e. The predicted octanol–water partition coefficient (Wildman–Crippen LogP) is 3.96. The van der Waals surface area contributed by atoms with Crippen molar-refractivity contribution in [3.05, 3.63) is 52.8 Å². The van der Waals surface area contributed by atoms with Gasteiger partial charge in [-0.2, -0.15) is 0 Å². The first-order chi connectivity index (χ1) is 10.9. The summed E-state index contributed by atoms with van der Waals surface area (Å²) in [6.07, 6.45) is 1.50. The summed E-state index contributed by atoms with van der Waals surface area (Å²) >= 11 is 1.30.